The van der Waals surface area contributed by atoms with Crippen molar-refractivity contribution in [3.63, 3.8) is 0 Å². The predicted molar refractivity (Wildman–Crippen MR) is 53.2 cm³/mol. The third-order valence-electron chi connectivity index (χ3n) is 1.89. The molecule has 11 heteroatoms. The lowest BCUT2D eigenvalue weighted by molar-refractivity contribution is -0.178. The number of nitrogens with zero attached hydrogens (tertiary/aromatic N) is 1. The highest BCUT2D eigenvalue weighted by molar-refractivity contribution is 5.87. The van der Waals surface area contributed by atoms with Crippen molar-refractivity contribution in [2.45, 2.75) is 25.9 Å². The number of aromatic nitrogens is 1. The average Bonchev–Trinajstić information content (AvgIpc) is 2.71. The maximum atomic E-state index is 12.6. The van der Waals surface area contributed by atoms with E-state index < -0.39 is 48.9 Å². The summed E-state index contributed by atoms with van der Waals surface area (Å²) in [6, 6.07) is 0. The summed E-state index contributed by atoms with van der Waals surface area (Å²) in [5.74, 6) is -3.45. The van der Waals surface area contributed by atoms with Crippen LogP contribution in [-0.2, 0) is 22.3 Å². The molecule has 0 fully saturated rings. The molecule has 0 aliphatic heterocycles. The van der Waals surface area contributed by atoms with Gasteiger partial charge in [0.2, 0.25) is 11.7 Å². The number of ether oxygens (including phenoxy) is 2. The number of carbonyl (C=O) groups is 1. The molecule has 0 aromatic carbocycles. The Kier molecular flexibility index (Phi) is 5.20. The second kappa shape index (κ2) is 6.33. The first-order valence-corrected chi connectivity index (χ1v) is 5.43. The zero-order chi connectivity index (χ0) is 16.3. The SMILES string of the molecule is CCOC(=O)c1oc(COCC(F)(F)F)nc1C(F)(F)F. The van der Waals surface area contributed by atoms with E-state index in [1.54, 1.807) is 0 Å². The van der Waals surface area contributed by atoms with Gasteiger partial charge in [-0.15, -0.1) is 0 Å². The lowest BCUT2D eigenvalue weighted by Gasteiger charge is -2.04. The number of oxazole rings is 1. The van der Waals surface area contributed by atoms with Crippen molar-refractivity contribution >= 4 is 5.97 Å². The van der Waals surface area contributed by atoms with E-state index in [-0.39, 0.29) is 6.61 Å². The second-order valence-corrected chi connectivity index (χ2v) is 3.61. The summed E-state index contributed by atoms with van der Waals surface area (Å²) in [4.78, 5) is 14.2. The molecule has 0 spiro atoms. The Balaban J connectivity index is 2.90. The van der Waals surface area contributed by atoms with Gasteiger partial charge in [0.25, 0.3) is 0 Å². The first-order chi connectivity index (χ1) is 9.54. The largest absolute Gasteiger partial charge is 0.460 e. The van der Waals surface area contributed by atoms with E-state index in [0.717, 1.165) is 0 Å². The standard InChI is InChI=1S/C10H9F6NO4/c1-2-20-8(18)6-7(10(14,15)16)17-5(21-6)3-19-4-9(11,12)13/h2-4H2,1H3. The molecule has 1 aromatic rings. The summed E-state index contributed by atoms with van der Waals surface area (Å²) < 4.78 is 86.3. The lowest BCUT2D eigenvalue weighted by atomic mass is 10.3. The highest BCUT2D eigenvalue weighted by Gasteiger charge is 2.41. The van der Waals surface area contributed by atoms with E-state index in [2.05, 4.69) is 18.9 Å². The van der Waals surface area contributed by atoms with Crippen LogP contribution < -0.4 is 0 Å². The Bertz CT molecular complexity index is 493. The van der Waals surface area contributed by atoms with Gasteiger partial charge in [0.05, 0.1) is 6.61 Å². The number of carbonyl (C=O) groups excluding carboxylic acids is 1. The molecule has 1 heterocycles. The molecule has 0 saturated carbocycles. The van der Waals surface area contributed by atoms with Crippen LogP contribution in [0.3, 0.4) is 0 Å². The molecule has 0 amide bonds. The van der Waals surface area contributed by atoms with Crippen molar-refractivity contribution < 1.29 is 45.0 Å². The lowest BCUT2D eigenvalue weighted by Crippen LogP contribution is -2.16. The van der Waals surface area contributed by atoms with Gasteiger partial charge >= 0.3 is 18.3 Å². The molecule has 0 bridgehead atoms. The zero-order valence-corrected chi connectivity index (χ0v) is 10.5. The fraction of sp³-hybridized carbons (Fsp3) is 0.600. The van der Waals surface area contributed by atoms with Crippen LogP contribution in [0.25, 0.3) is 0 Å². The Morgan fingerprint density at radius 3 is 2.33 bits per heavy atom. The van der Waals surface area contributed by atoms with Crippen LogP contribution in [0.2, 0.25) is 0 Å². The molecule has 0 aliphatic carbocycles. The van der Waals surface area contributed by atoms with Crippen LogP contribution in [0.15, 0.2) is 4.42 Å². The number of halogens is 6. The summed E-state index contributed by atoms with van der Waals surface area (Å²) in [5.41, 5.74) is -1.67. The molecule has 1 aromatic heterocycles. The van der Waals surface area contributed by atoms with Gasteiger partial charge in [-0.1, -0.05) is 0 Å². The monoisotopic (exact) mass is 321 g/mol. The van der Waals surface area contributed by atoms with Crippen molar-refractivity contribution in [1.29, 1.82) is 0 Å². The highest BCUT2D eigenvalue weighted by atomic mass is 19.4. The fourth-order valence-corrected chi connectivity index (χ4v) is 1.21. The second-order valence-electron chi connectivity index (χ2n) is 3.61. The van der Waals surface area contributed by atoms with Crippen LogP contribution in [0.4, 0.5) is 26.3 Å². The average molecular weight is 321 g/mol. The van der Waals surface area contributed by atoms with Gasteiger partial charge in [-0.2, -0.15) is 26.3 Å². The number of hydrogen-bond acceptors (Lipinski definition) is 5. The molecule has 21 heavy (non-hydrogen) atoms. The third-order valence-corrected chi connectivity index (χ3v) is 1.89. The van der Waals surface area contributed by atoms with Crippen molar-refractivity contribution in [2.24, 2.45) is 0 Å². The molecule has 5 nitrogen and oxygen atoms in total. The molecule has 0 unspecified atom stereocenters. The number of hydrogen-bond donors (Lipinski definition) is 0. The van der Waals surface area contributed by atoms with Crippen molar-refractivity contribution in [3.05, 3.63) is 17.3 Å². The molecular weight excluding hydrogens is 312 g/mol. The van der Waals surface area contributed by atoms with Gasteiger partial charge in [0.1, 0.15) is 13.2 Å². The Labute approximate surface area is 113 Å². The van der Waals surface area contributed by atoms with Crippen molar-refractivity contribution in [3.8, 4) is 0 Å². The van der Waals surface area contributed by atoms with Gasteiger partial charge in [-0.25, -0.2) is 9.78 Å². The van der Waals surface area contributed by atoms with Gasteiger partial charge in [-0.3, -0.25) is 0 Å². The number of rotatable bonds is 5. The van der Waals surface area contributed by atoms with E-state index in [4.69, 9.17) is 0 Å². The highest BCUT2D eigenvalue weighted by Crippen LogP contribution is 2.32. The summed E-state index contributed by atoms with van der Waals surface area (Å²) >= 11 is 0. The fourth-order valence-electron chi connectivity index (χ4n) is 1.21. The minimum atomic E-state index is -5.02. The Morgan fingerprint density at radius 1 is 1.24 bits per heavy atom. The molecule has 0 radical (unpaired) electrons. The molecule has 0 N–H and O–H groups in total. The van der Waals surface area contributed by atoms with Crippen LogP contribution in [0.1, 0.15) is 29.1 Å². The first-order valence-electron chi connectivity index (χ1n) is 5.43. The smallest absolute Gasteiger partial charge is 0.437 e. The molecule has 0 saturated heterocycles. The van der Waals surface area contributed by atoms with E-state index >= 15 is 0 Å². The molecule has 1 rings (SSSR count). The van der Waals surface area contributed by atoms with Crippen LogP contribution in [0.5, 0.6) is 0 Å². The van der Waals surface area contributed by atoms with Crippen LogP contribution in [-0.4, -0.2) is 30.3 Å². The maximum Gasteiger partial charge on any atom is 0.437 e. The topological polar surface area (TPSA) is 61.6 Å². The van der Waals surface area contributed by atoms with Crippen LogP contribution >= 0.6 is 0 Å². The van der Waals surface area contributed by atoms with E-state index in [9.17, 15) is 31.1 Å². The quantitative estimate of drug-likeness (QED) is 0.616. The Hall–Kier alpha value is -1.78. The number of esters is 1. The summed E-state index contributed by atoms with van der Waals surface area (Å²) in [7, 11) is 0. The van der Waals surface area contributed by atoms with Crippen LogP contribution in [0, 0.1) is 0 Å². The third kappa shape index (κ3) is 5.25. The van der Waals surface area contributed by atoms with E-state index in [1.165, 1.54) is 6.92 Å². The number of alkyl halides is 6. The van der Waals surface area contributed by atoms with Crippen molar-refractivity contribution in [1.82, 2.24) is 4.98 Å². The summed E-state index contributed by atoms with van der Waals surface area (Å²) in [6.45, 7) is -1.51. The van der Waals surface area contributed by atoms with Gasteiger partial charge in [0.15, 0.2) is 5.69 Å². The molecular formula is C10H9F6NO4. The van der Waals surface area contributed by atoms with Gasteiger partial charge in [0, 0.05) is 0 Å². The minimum Gasteiger partial charge on any atom is -0.460 e. The molecule has 0 aliphatic rings. The zero-order valence-electron chi connectivity index (χ0n) is 10.5. The van der Waals surface area contributed by atoms with Gasteiger partial charge in [-0.05, 0) is 6.92 Å². The predicted octanol–water partition coefficient (Wildman–Crippen LogP) is 2.95. The summed E-state index contributed by atoms with van der Waals surface area (Å²) in [6.07, 6.45) is -9.67. The molecule has 120 valence electrons. The molecule has 0 atom stereocenters. The van der Waals surface area contributed by atoms with E-state index in [0.29, 0.717) is 0 Å². The normalized spacial score (nSPS) is 12.5. The minimum absolute atomic E-state index is 0.212. The summed E-state index contributed by atoms with van der Waals surface area (Å²) in [5, 5.41) is 0. The maximum absolute atomic E-state index is 12.6. The van der Waals surface area contributed by atoms with E-state index in [1.807, 2.05) is 0 Å². The first kappa shape index (κ1) is 17.3. The van der Waals surface area contributed by atoms with Gasteiger partial charge < -0.3 is 13.9 Å². The Morgan fingerprint density at radius 2 is 1.86 bits per heavy atom. The van der Waals surface area contributed by atoms with Crippen molar-refractivity contribution in [2.75, 3.05) is 13.2 Å².